The lowest BCUT2D eigenvalue weighted by atomic mass is 10.2. The van der Waals surface area contributed by atoms with Crippen LogP contribution in [0.5, 0.6) is 0 Å². The van der Waals surface area contributed by atoms with Gasteiger partial charge in [0.2, 0.25) is 10.0 Å². The smallest absolute Gasteiger partial charge is 0.279 e. The monoisotopic (exact) mass is 442 g/mol. The molecule has 0 unspecified atom stereocenters. The molecule has 2 rings (SSSR count). The molecule has 12 heteroatoms. The van der Waals surface area contributed by atoms with Gasteiger partial charge in [-0.05, 0) is 43.7 Å². The summed E-state index contributed by atoms with van der Waals surface area (Å²) in [6.45, 7) is 1.62. The summed E-state index contributed by atoms with van der Waals surface area (Å²) in [5.41, 5.74) is -1.16. The van der Waals surface area contributed by atoms with Crippen molar-refractivity contribution < 1.29 is 30.0 Å². The van der Waals surface area contributed by atoms with E-state index in [0.717, 1.165) is 23.5 Å². The van der Waals surface area contributed by atoms with Gasteiger partial charge in [-0.15, -0.1) is 11.3 Å². The van der Waals surface area contributed by atoms with Crippen molar-refractivity contribution in [3.05, 3.63) is 46.8 Å². The van der Waals surface area contributed by atoms with Gasteiger partial charge in [0.05, 0.1) is 11.3 Å². The number of sulfonamides is 2. The van der Waals surface area contributed by atoms with Crippen molar-refractivity contribution in [1.82, 2.24) is 4.72 Å². The van der Waals surface area contributed by atoms with Gasteiger partial charge in [0.15, 0.2) is 0 Å². The van der Waals surface area contributed by atoms with E-state index < -0.39 is 31.8 Å². The summed E-state index contributed by atoms with van der Waals surface area (Å²) < 4.78 is 90.1. The quantitative estimate of drug-likeness (QED) is 0.657. The predicted octanol–water partition coefficient (Wildman–Crippen LogP) is 3.05. The van der Waals surface area contributed by atoms with Crippen molar-refractivity contribution in [2.45, 2.75) is 23.7 Å². The number of anilines is 1. The summed E-state index contributed by atoms with van der Waals surface area (Å²) in [7, 11) is -7.39. The Morgan fingerprint density at radius 1 is 1.07 bits per heavy atom. The molecule has 0 fully saturated rings. The van der Waals surface area contributed by atoms with Crippen molar-refractivity contribution >= 4 is 37.1 Å². The predicted molar refractivity (Wildman–Crippen MR) is 97.7 cm³/mol. The van der Waals surface area contributed by atoms with Gasteiger partial charge in [-0.1, -0.05) is 6.07 Å². The average Bonchev–Trinajstić information content (AvgIpc) is 3.04. The van der Waals surface area contributed by atoms with Crippen molar-refractivity contribution in [3.8, 4) is 0 Å². The summed E-state index contributed by atoms with van der Waals surface area (Å²) in [4.78, 5) is 0.623. The Morgan fingerprint density at radius 3 is 2.41 bits per heavy atom. The first-order valence-corrected chi connectivity index (χ1v) is 11.6. The van der Waals surface area contributed by atoms with E-state index in [2.05, 4.69) is 9.44 Å². The molecule has 1 heterocycles. The minimum absolute atomic E-state index is 0.0576. The van der Waals surface area contributed by atoms with Crippen LogP contribution < -0.4 is 9.44 Å². The lowest BCUT2D eigenvalue weighted by Crippen LogP contribution is -2.27. The number of alkyl halides is 3. The van der Waals surface area contributed by atoms with E-state index >= 15 is 0 Å². The van der Waals surface area contributed by atoms with Crippen LogP contribution in [-0.4, -0.2) is 29.1 Å². The molecule has 0 amide bonds. The summed E-state index contributed by atoms with van der Waals surface area (Å²) in [5, 5.41) is 0. The Hall–Kier alpha value is -1.63. The zero-order chi connectivity index (χ0) is 20.3. The molecule has 0 saturated heterocycles. The third-order valence-electron chi connectivity index (χ3n) is 3.42. The minimum atomic E-state index is -4.58. The molecule has 6 nitrogen and oxygen atoms in total. The molecule has 2 N–H and O–H groups in total. The highest BCUT2D eigenvalue weighted by Gasteiger charge is 2.30. The maximum absolute atomic E-state index is 12.7. The van der Waals surface area contributed by atoms with E-state index in [1.807, 2.05) is 0 Å². The molecule has 27 heavy (non-hydrogen) atoms. The van der Waals surface area contributed by atoms with Gasteiger partial charge < -0.3 is 0 Å². The van der Waals surface area contributed by atoms with Gasteiger partial charge >= 0.3 is 6.18 Å². The SMILES string of the molecule is CCS(=O)(=O)NCCc1ccc(S(=O)(=O)Nc2cccc(C(F)(F)F)c2)s1. The van der Waals surface area contributed by atoms with Crippen molar-refractivity contribution in [2.75, 3.05) is 17.0 Å². The van der Waals surface area contributed by atoms with Crippen LogP contribution in [0.4, 0.5) is 18.9 Å². The van der Waals surface area contributed by atoms with Gasteiger partial charge in [0.25, 0.3) is 10.0 Å². The molecule has 0 aliphatic carbocycles. The maximum atomic E-state index is 12.7. The third kappa shape index (κ3) is 6.19. The van der Waals surface area contributed by atoms with E-state index in [0.29, 0.717) is 17.4 Å². The lowest BCUT2D eigenvalue weighted by molar-refractivity contribution is -0.137. The summed E-state index contributed by atoms with van der Waals surface area (Å²) >= 11 is 0.919. The lowest BCUT2D eigenvalue weighted by Gasteiger charge is -2.10. The summed E-state index contributed by atoms with van der Waals surface area (Å²) in [5.74, 6) is -0.0576. The van der Waals surface area contributed by atoms with Crippen LogP contribution in [0.2, 0.25) is 0 Å². The molecule has 1 aromatic heterocycles. The van der Waals surface area contributed by atoms with E-state index in [1.54, 1.807) is 0 Å². The topological polar surface area (TPSA) is 92.3 Å². The van der Waals surface area contributed by atoms with Crippen LogP contribution in [0, 0.1) is 0 Å². The molecular formula is C15H17F3N2O4S3. The molecule has 2 aromatic rings. The van der Waals surface area contributed by atoms with Gasteiger partial charge in [0.1, 0.15) is 4.21 Å². The second-order valence-electron chi connectivity index (χ2n) is 5.45. The fraction of sp³-hybridized carbons (Fsp3) is 0.333. The molecule has 0 saturated carbocycles. The Bertz CT molecular complexity index is 999. The molecular weight excluding hydrogens is 425 g/mol. The van der Waals surface area contributed by atoms with Crippen LogP contribution in [0.3, 0.4) is 0 Å². The molecule has 0 aliphatic heterocycles. The molecule has 0 radical (unpaired) electrons. The zero-order valence-electron chi connectivity index (χ0n) is 14.1. The minimum Gasteiger partial charge on any atom is -0.279 e. The van der Waals surface area contributed by atoms with Crippen LogP contribution >= 0.6 is 11.3 Å². The number of hydrogen-bond acceptors (Lipinski definition) is 5. The second-order valence-corrected chi connectivity index (χ2v) is 10.6. The molecule has 0 spiro atoms. The Balaban J connectivity index is 2.09. The fourth-order valence-corrected chi connectivity index (χ4v) is 5.06. The molecule has 0 aliphatic rings. The van der Waals surface area contributed by atoms with Gasteiger partial charge in [-0.3, -0.25) is 4.72 Å². The fourth-order valence-electron chi connectivity index (χ4n) is 2.03. The second kappa shape index (κ2) is 8.17. The van der Waals surface area contributed by atoms with Crippen LogP contribution in [-0.2, 0) is 32.6 Å². The van der Waals surface area contributed by atoms with Crippen LogP contribution in [0.15, 0.2) is 40.6 Å². The first kappa shape index (κ1) is 21.7. The first-order chi connectivity index (χ1) is 12.4. The highest BCUT2D eigenvalue weighted by atomic mass is 32.2. The van der Waals surface area contributed by atoms with Crippen molar-refractivity contribution in [2.24, 2.45) is 0 Å². The number of thiophene rings is 1. The average molecular weight is 443 g/mol. The number of benzene rings is 1. The normalized spacial score (nSPS) is 12.9. The Labute approximate surface area is 159 Å². The van der Waals surface area contributed by atoms with Gasteiger partial charge in [-0.2, -0.15) is 13.2 Å². The van der Waals surface area contributed by atoms with E-state index in [1.165, 1.54) is 25.1 Å². The first-order valence-electron chi connectivity index (χ1n) is 7.69. The number of nitrogens with one attached hydrogen (secondary N) is 2. The van der Waals surface area contributed by atoms with Gasteiger partial charge in [-0.25, -0.2) is 21.6 Å². The van der Waals surface area contributed by atoms with Crippen LogP contribution in [0.1, 0.15) is 17.4 Å². The third-order valence-corrected chi connectivity index (χ3v) is 7.84. The standard InChI is InChI=1S/C15H17F3N2O4S3/c1-2-26(21,22)19-9-8-13-6-7-14(25-13)27(23,24)20-12-5-3-4-11(10-12)15(16,17)18/h3-7,10,19-20H,2,8-9H2,1H3. The maximum Gasteiger partial charge on any atom is 0.416 e. The Morgan fingerprint density at radius 2 is 1.78 bits per heavy atom. The van der Waals surface area contributed by atoms with E-state index in [-0.39, 0.29) is 22.2 Å². The number of halogens is 3. The van der Waals surface area contributed by atoms with Crippen LogP contribution in [0.25, 0.3) is 0 Å². The summed E-state index contributed by atoms with van der Waals surface area (Å²) in [6, 6.07) is 6.75. The van der Waals surface area contributed by atoms with Gasteiger partial charge in [0, 0.05) is 17.1 Å². The zero-order valence-corrected chi connectivity index (χ0v) is 16.5. The summed E-state index contributed by atoms with van der Waals surface area (Å²) in [6.07, 6.45) is -4.29. The highest BCUT2D eigenvalue weighted by Crippen LogP contribution is 2.31. The van der Waals surface area contributed by atoms with Crippen molar-refractivity contribution in [3.63, 3.8) is 0 Å². The molecule has 1 aromatic carbocycles. The van der Waals surface area contributed by atoms with Crippen molar-refractivity contribution in [1.29, 1.82) is 0 Å². The number of hydrogen-bond donors (Lipinski definition) is 2. The molecule has 0 bridgehead atoms. The molecule has 0 atom stereocenters. The Kier molecular flexibility index (Phi) is 6.55. The number of rotatable bonds is 8. The highest BCUT2D eigenvalue weighted by molar-refractivity contribution is 7.94. The largest absolute Gasteiger partial charge is 0.416 e. The van der Waals surface area contributed by atoms with E-state index in [4.69, 9.17) is 0 Å². The van der Waals surface area contributed by atoms with E-state index in [9.17, 15) is 30.0 Å². The molecule has 150 valence electrons.